The molecule has 4 rings (SSSR count). The van der Waals surface area contributed by atoms with Crippen LogP contribution in [0.15, 0.2) is 77.7 Å². The van der Waals surface area contributed by atoms with Crippen molar-refractivity contribution in [3.05, 3.63) is 78.6 Å². The van der Waals surface area contributed by atoms with Crippen LogP contribution >= 0.6 is 0 Å². The Morgan fingerprint density at radius 1 is 0.967 bits per heavy atom. The molecule has 0 aliphatic heterocycles. The lowest BCUT2D eigenvalue weighted by Gasteiger charge is -2.10. The molecule has 0 saturated carbocycles. The van der Waals surface area contributed by atoms with Crippen LogP contribution in [-0.2, 0) is 14.6 Å². The summed E-state index contributed by atoms with van der Waals surface area (Å²) in [6.07, 6.45) is -0.228. The van der Waals surface area contributed by atoms with E-state index in [1.165, 1.54) is 12.1 Å². The molecular formula is C22H18FN3O3S. The number of sulfone groups is 1. The predicted octanol–water partition coefficient (Wildman–Crippen LogP) is 4.17. The van der Waals surface area contributed by atoms with Crippen molar-refractivity contribution in [2.45, 2.75) is 11.3 Å². The second-order valence-corrected chi connectivity index (χ2v) is 8.83. The highest BCUT2D eigenvalue weighted by atomic mass is 32.2. The zero-order chi connectivity index (χ0) is 21.1. The van der Waals surface area contributed by atoms with Crippen LogP contribution in [0.5, 0.6) is 0 Å². The van der Waals surface area contributed by atoms with E-state index in [4.69, 9.17) is 0 Å². The molecule has 2 N–H and O–H groups in total. The van der Waals surface area contributed by atoms with Crippen molar-refractivity contribution in [1.82, 2.24) is 9.97 Å². The number of hydrogen-bond donors (Lipinski definition) is 2. The molecule has 1 amide bonds. The topological polar surface area (TPSA) is 91.9 Å². The summed E-state index contributed by atoms with van der Waals surface area (Å²) in [5, 5.41) is 2.76. The Labute approximate surface area is 172 Å². The van der Waals surface area contributed by atoms with Crippen LogP contribution in [0.4, 0.5) is 10.1 Å². The second kappa shape index (κ2) is 8.08. The summed E-state index contributed by atoms with van der Waals surface area (Å²) >= 11 is 0. The summed E-state index contributed by atoms with van der Waals surface area (Å²) in [5.74, 6) is -0.735. The lowest BCUT2D eigenvalue weighted by Crippen LogP contribution is -2.18. The van der Waals surface area contributed by atoms with Gasteiger partial charge in [0.2, 0.25) is 5.91 Å². The number of para-hydroxylation sites is 3. The molecule has 4 aromatic rings. The summed E-state index contributed by atoms with van der Waals surface area (Å²) < 4.78 is 37.8. The van der Waals surface area contributed by atoms with Crippen molar-refractivity contribution in [3.8, 4) is 11.4 Å². The van der Waals surface area contributed by atoms with E-state index in [0.717, 1.165) is 23.2 Å². The molecule has 0 spiro atoms. The number of carbonyl (C=O) groups excluding carboxylic acids is 1. The van der Waals surface area contributed by atoms with E-state index >= 15 is 0 Å². The predicted molar refractivity (Wildman–Crippen MR) is 113 cm³/mol. The van der Waals surface area contributed by atoms with Gasteiger partial charge in [-0.15, -0.1) is 0 Å². The number of benzene rings is 3. The van der Waals surface area contributed by atoms with Crippen molar-refractivity contribution in [2.24, 2.45) is 0 Å². The highest BCUT2D eigenvalue weighted by molar-refractivity contribution is 7.91. The first-order chi connectivity index (χ1) is 14.4. The lowest BCUT2D eigenvalue weighted by atomic mass is 10.1. The van der Waals surface area contributed by atoms with E-state index in [9.17, 15) is 17.6 Å². The Hall–Kier alpha value is -3.52. The van der Waals surface area contributed by atoms with Gasteiger partial charge < -0.3 is 10.3 Å². The van der Waals surface area contributed by atoms with Gasteiger partial charge in [0.1, 0.15) is 11.6 Å². The Kier molecular flexibility index (Phi) is 5.33. The van der Waals surface area contributed by atoms with Gasteiger partial charge in [-0.25, -0.2) is 17.8 Å². The number of H-pyrrole nitrogens is 1. The number of halogens is 1. The van der Waals surface area contributed by atoms with Gasteiger partial charge in [0.15, 0.2) is 9.84 Å². The molecule has 0 aliphatic carbocycles. The first kappa shape index (κ1) is 19.8. The third-order valence-corrected chi connectivity index (χ3v) is 6.35. The Bertz CT molecular complexity index is 1280. The Balaban J connectivity index is 1.49. The minimum atomic E-state index is -3.69. The molecular weight excluding hydrogens is 405 g/mol. The number of hydrogen-bond acceptors (Lipinski definition) is 4. The quantitative estimate of drug-likeness (QED) is 0.455. The summed E-state index contributed by atoms with van der Waals surface area (Å²) in [7, 11) is -3.69. The zero-order valence-corrected chi connectivity index (χ0v) is 16.6. The summed E-state index contributed by atoms with van der Waals surface area (Å²) in [6.45, 7) is 0. The summed E-state index contributed by atoms with van der Waals surface area (Å²) in [4.78, 5) is 20.2. The molecule has 30 heavy (non-hydrogen) atoms. The molecule has 0 bridgehead atoms. The van der Waals surface area contributed by atoms with E-state index in [-0.39, 0.29) is 17.1 Å². The fraction of sp³-hybridized carbons (Fsp3) is 0.0909. The maximum Gasteiger partial charge on any atom is 0.225 e. The van der Waals surface area contributed by atoms with Gasteiger partial charge in [0, 0.05) is 12.0 Å². The molecule has 0 unspecified atom stereocenters. The number of nitrogens with one attached hydrogen (secondary N) is 2. The molecule has 6 nitrogen and oxygen atoms in total. The van der Waals surface area contributed by atoms with Gasteiger partial charge in [-0.05, 0) is 48.5 Å². The zero-order valence-electron chi connectivity index (χ0n) is 15.8. The maximum absolute atomic E-state index is 13.0. The molecule has 0 aliphatic rings. The molecule has 1 heterocycles. The molecule has 3 aromatic carbocycles. The highest BCUT2D eigenvalue weighted by Crippen LogP contribution is 2.27. The van der Waals surface area contributed by atoms with Crippen molar-refractivity contribution < 1.29 is 17.6 Å². The summed E-state index contributed by atoms with van der Waals surface area (Å²) in [5.41, 5.74) is 2.90. The molecule has 8 heteroatoms. The van der Waals surface area contributed by atoms with Crippen molar-refractivity contribution in [1.29, 1.82) is 0 Å². The van der Waals surface area contributed by atoms with E-state index in [1.807, 2.05) is 36.4 Å². The van der Waals surface area contributed by atoms with Gasteiger partial charge in [0.05, 0.1) is 27.4 Å². The van der Waals surface area contributed by atoms with E-state index in [1.54, 1.807) is 12.1 Å². The van der Waals surface area contributed by atoms with Gasteiger partial charge >= 0.3 is 0 Å². The number of anilines is 1. The minimum Gasteiger partial charge on any atom is -0.338 e. The van der Waals surface area contributed by atoms with Crippen LogP contribution in [0.3, 0.4) is 0 Å². The molecule has 1 aromatic heterocycles. The molecule has 0 saturated heterocycles. The Morgan fingerprint density at radius 2 is 1.67 bits per heavy atom. The second-order valence-electron chi connectivity index (χ2n) is 6.72. The van der Waals surface area contributed by atoms with Crippen LogP contribution in [-0.4, -0.2) is 30.0 Å². The standard InChI is InChI=1S/C22H18FN3O3S/c23-15-9-11-16(12-10-15)30(28,29)14-13-21(27)24-18-6-2-1-5-17(18)22-25-19-7-3-4-8-20(19)26-22/h1-12H,13-14H2,(H,24,27)(H,25,26). The fourth-order valence-corrected chi connectivity index (χ4v) is 4.32. The number of carbonyl (C=O) groups is 1. The molecule has 152 valence electrons. The third-order valence-electron chi connectivity index (χ3n) is 4.62. The number of rotatable bonds is 6. The average molecular weight is 423 g/mol. The van der Waals surface area contributed by atoms with Crippen LogP contribution in [0, 0.1) is 5.82 Å². The SMILES string of the molecule is O=C(CCS(=O)(=O)c1ccc(F)cc1)Nc1ccccc1-c1nc2ccccc2[nH]1. The van der Waals surface area contributed by atoms with Gasteiger partial charge in [0.25, 0.3) is 0 Å². The fourth-order valence-electron chi connectivity index (χ4n) is 3.08. The van der Waals surface area contributed by atoms with Crippen LogP contribution in [0.25, 0.3) is 22.4 Å². The highest BCUT2D eigenvalue weighted by Gasteiger charge is 2.18. The number of nitrogens with zero attached hydrogens (tertiary/aromatic N) is 1. The van der Waals surface area contributed by atoms with E-state index in [2.05, 4.69) is 15.3 Å². The number of aromatic amines is 1. The third kappa shape index (κ3) is 4.23. The van der Waals surface area contributed by atoms with Crippen molar-refractivity contribution in [3.63, 3.8) is 0 Å². The number of imidazole rings is 1. The normalized spacial score (nSPS) is 11.5. The molecule has 0 fully saturated rings. The number of amides is 1. The lowest BCUT2D eigenvalue weighted by molar-refractivity contribution is -0.115. The van der Waals surface area contributed by atoms with Gasteiger partial charge in [-0.2, -0.15) is 0 Å². The van der Waals surface area contributed by atoms with E-state index < -0.39 is 21.6 Å². The first-order valence-electron chi connectivity index (χ1n) is 9.25. The smallest absolute Gasteiger partial charge is 0.225 e. The summed E-state index contributed by atoms with van der Waals surface area (Å²) in [6, 6.07) is 19.3. The monoisotopic (exact) mass is 423 g/mol. The Morgan fingerprint density at radius 3 is 2.43 bits per heavy atom. The van der Waals surface area contributed by atoms with Gasteiger partial charge in [-0.1, -0.05) is 24.3 Å². The minimum absolute atomic E-state index is 0.0145. The molecule has 0 radical (unpaired) electrons. The van der Waals surface area contributed by atoms with Crippen LogP contribution in [0.2, 0.25) is 0 Å². The van der Waals surface area contributed by atoms with Crippen molar-refractivity contribution in [2.75, 3.05) is 11.1 Å². The number of fused-ring (bicyclic) bond motifs is 1. The average Bonchev–Trinajstić information content (AvgIpc) is 3.17. The maximum atomic E-state index is 13.0. The van der Waals surface area contributed by atoms with Gasteiger partial charge in [-0.3, -0.25) is 4.79 Å². The number of aromatic nitrogens is 2. The van der Waals surface area contributed by atoms with Crippen LogP contribution in [0.1, 0.15) is 6.42 Å². The molecule has 0 atom stereocenters. The van der Waals surface area contributed by atoms with Crippen molar-refractivity contribution >= 4 is 32.5 Å². The largest absolute Gasteiger partial charge is 0.338 e. The van der Waals surface area contributed by atoms with E-state index in [0.29, 0.717) is 17.1 Å². The van der Waals surface area contributed by atoms with Crippen LogP contribution < -0.4 is 5.32 Å². The first-order valence-corrected chi connectivity index (χ1v) is 10.9.